The van der Waals surface area contributed by atoms with Gasteiger partial charge in [0.15, 0.2) is 11.5 Å². The van der Waals surface area contributed by atoms with Crippen LogP contribution < -0.4 is 14.2 Å². The number of nitrogens with zero attached hydrogens (tertiary/aromatic N) is 3. The van der Waals surface area contributed by atoms with Gasteiger partial charge in [-0.1, -0.05) is 23.8 Å². The lowest BCUT2D eigenvalue weighted by Crippen LogP contribution is -2.47. The van der Waals surface area contributed by atoms with E-state index in [9.17, 15) is 5.11 Å². The predicted molar refractivity (Wildman–Crippen MR) is 127 cm³/mol. The maximum absolute atomic E-state index is 10.9. The largest absolute Gasteiger partial charge is 0.493 e. The Hall–Kier alpha value is -3.03. The lowest BCUT2D eigenvalue weighted by Gasteiger charge is -2.38. The van der Waals surface area contributed by atoms with E-state index in [-0.39, 0.29) is 0 Å². The summed E-state index contributed by atoms with van der Waals surface area (Å²) in [4.78, 5) is 6.40. The van der Waals surface area contributed by atoms with E-state index in [0.29, 0.717) is 26.1 Å². The number of imidazole rings is 1. The van der Waals surface area contributed by atoms with Crippen LogP contribution >= 0.6 is 0 Å². The summed E-state index contributed by atoms with van der Waals surface area (Å²) in [7, 11) is 1.66. The highest BCUT2D eigenvalue weighted by Crippen LogP contribution is 2.30. The van der Waals surface area contributed by atoms with Crippen molar-refractivity contribution in [3.8, 4) is 17.2 Å². The number of likely N-dealkylation sites (tertiary alicyclic amines) is 1. The van der Waals surface area contributed by atoms with E-state index in [4.69, 9.17) is 14.2 Å². The monoisotopic (exact) mass is 451 g/mol. The lowest BCUT2D eigenvalue weighted by atomic mass is 9.92. The van der Waals surface area contributed by atoms with E-state index in [1.54, 1.807) is 19.6 Å². The molecular formula is C26H33N3O4. The molecule has 0 saturated carbocycles. The quantitative estimate of drug-likeness (QED) is 0.507. The Kier molecular flexibility index (Phi) is 7.52. The summed E-state index contributed by atoms with van der Waals surface area (Å²) < 4.78 is 19.3. The average Bonchev–Trinajstić information content (AvgIpc) is 3.35. The molecule has 1 N–H and O–H groups in total. The Labute approximate surface area is 195 Å². The summed E-state index contributed by atoms with van der Waals surface area (Å²) in [5.41, 5.74) is 1.57. The van der Waals surface area contributed by atoms with Crippen molar-refractivity contribution in [3.05, 3.63) is 72.3 Å². The van der Waals surface area contributed by atoms with Crippen molar-refractivity contribution in [2.24, 2.45) is 0 Å². The molecule has 1 saturated heterocycles. The predicted octanol–water partition coefficient (Wildman–Crippen LogP) is 3.69. The molecule has 2 aromatic carbocycles. The number of aliphatic hydroxyl groups is 1. The van der Waals surface area contributed by atoms with E-state index < -0.39 is 5.60 Å². The minimum absolute atomic E-state index is 0.322. The molecule has 1 aliphatic rings. The van der Waals surface area contributed by atoms with Crippen molar-refractivity contribution in [2.45, 2.75) is 38.5 Å². The van der Waals surface area contributed by atoms with Crippen molar-refractivity contribution >= 4 is 0 Å². The fraction of sp³-hybridized carbons (Fsp3) is 0.423. The highest BCUT2D eigenvalue weighted by Gasteiger charge is 2.33. The second-order valence-corrected chi connectivity index (χ2v) is 8.74. The zero-order valence-electron chi connectivity index (χ0n) is 19.4. The zero-order chi connectivity index (χ0) is 23.1. The molecular weight excluding hydrogens is 418 g/mol. The Balaban J connectivity index is 1.25. The molecule has 0 bridgehead atoms. The van der Waals surface area contributed by atoms with Gasteiger partial charge >= 0.3 is 0 Å². The molecule has 7 nitrogen and oxygen atoms in total. The van der Waals surface area contributed by atoms with Crippen LogP contribution in [-0.2, 0) is 13.1 Å². The van der Waals surface area contributed by atoms with Crippen molar-refractivity contribution in [1.29, 1.82) is 0 Å². The van der Waals surface area contributed by atoms with Crippen LogP contribution in [0.25, 0.3) is 0 Å². The van der Waals surface area contributed by atoms with Gasteiger partial charge in [0.1, 0.15) is 24.6 Å². The van der Waals surface area contributed by atoms with Gasteiger partial charge in [0, 0.05) is 32.0 Å². The van der Waals surface area contributed by atoms with Crippen LogP contribution in [0.2, 0.25) is 0 Å². The van der Waals surface area contributed by atoms with Gasteiger partial charge in [0.05, 0.1) is 20.0 Å². The highest BCUT2D eigenvalue weighted by atomic mass is 16.5. The molecule has 0 radical (unpaired) electrons. The number of aryl methyl sites for hydroxylation is 1. The number of piperidine rings is 1. The molecule has 2 heterocycles. The molecule has 0 aliphatic carbocycles. The molecule has 1 aromatic heterocycles. The van der Waals surface area contributed by atoms with Gasteiger partial charge in [0.2, 0.25) is 0 Å². The second-order valence-electron chi connectivity index (χ2n) is 8.74. The molecule has 176 valence electrons. The number of rotatable bonds is 10. The van der Waals surface area contributed by atoms with E-state index in [1.165, 1.54) is 5.56 Å². The number of benzene rings is 2. The third-order valence-corrected chi connectivity index (χ3v) is 6.12. The third-order valence-electron chi connectivity index (χ3n) is 6.12. The summed E-state index contributed by atoms with van der Waals surface area (Å²) in [6, 6.07) is 14.0. The molecule has 0 amide bonds. The first-order chi connectivity index (χ1) is 16.0. The van der Waals surface area contributed by atoms with Crippen molar-refractivity contribution in [1.82, 2.24) is 14.5 Å². The van der Waals surface area contributed by atoms with E-state index in [1.807, 2.05) is 54.1 Å². The Bertz CT molecular complexity index is 997. The van der Waals surface area contributed by atoms with Crippen molar-refractivity contribution in [2.75, 3.05) is 33.4 Å². The SMILES string of the molecule is COc1cc(CN2CCC(O)(COc3ccc(C)cc3)CC2)ccc1OCCn1ccnc1. The average molecular weight is 452 g/mol. The molecule has 0 unspecified atom stereocenters. The highest BCUT2D eigenvalue weighted by molar-refractivity contribution is 5.43. The molecule has 4 rings (SSSR count). The van der Waals surface area contributed by atoms with E-state index in [0.717, 1.165) is 49.0 Å². The lowest BCUT2D eigenvalue weighted by molar-refractivity contribution is -0.0537. The number of hydrogen-bond donors (Lipinski definition) is 1. The number of aromatic nitrogens is 2. The van der Waals surface area contributed by atoms with Gasteiger partial charge in [-0.2, -0.15) is 0 Å². The van der Waals surface area contributed by atoms with Crippen LogP contribution in [0.5, 0.6) is 17.2 Å². The van der Waals surface area contributed by atoms with Crippen LogP contribution in [0.4, 0.5) is 0 Å². The molecule has 1 aliphatic heterocycles. The van der Waals surface area contributed by atoms with Crippen LogP contribution in [0.3, 0.4) is 0 Å². The standard InChI is InChI=1S/C26H33N3O4/c1-21-3-6-23(7-4-21)33-19-26(30)9-12-28(13-10-26)18-22-5-8-24(25(17-22)31-2)32-16-15-29-14-11-27-20-29/h3-8,11,14,17,20,30H,9-10,12-13,15-16,18-19H2,1-2H3. The Morgan fingerprint density at radius 2 is 1.82 bits per heavy atom. The molecule has 33 heavy (non-hydrogen) atoms. The first-order valence-electron chi connectivity index (χ1n) is 11.4. The topological polar surface area (TPSA) is 69.0 Å². The molecule has 7 heteroatoms. The second kappa shape index (κ2) is 10.7. The maximum atomic E-state index is 10.9. The normalized spacial score (nSPS) is 15.8. The number of hydrogen-bond acceptors (Lipinski definition) is 6. The van der Waals surface area contributed by atoms with Crippen molar-refractivity contribution < 1.29 is 19.3 Å². The summed E-state index contributed by atoms with van der Waals surface area (Å²) in [5, 5.41) is 10.9. The van der Waals surface area contributed by atoms with E-state index >= 15 is 0 Å². The Morgan fingerprint density at radius 1 is 1.03 bits per heavy atom. The first-order valence-corrected chi connectivity index (χ1v) is 11.4. The molecule has 0 spiro atoms. The number of ether oxygens (including phenoxy) is 3. The number of methoxy groups -OCH3 is 1. The van der Waals surface area contributed by atoms with Crippen LogP contribution in [-0.4, -0.2) is 58.6 Å². The fourth-order valence-corrected chi connectivity index (χ4v) is 3.99. The van der Waals surface area contributed by atoms with Gasteiger partial charge < -0.3 is 23.9 Å². The van der Waals surface area contributed by atoms with Crippen LogP contribution in [0.1, 0.15) is 24.0 Å². The minimum Gasteiger partial charge on any atom is -0.493 e. The molecule has 0 atom stereocenters. The van der Waals surface area contributed by atoms with Gasteiger partial charge in [-0.25, -0.2) is 4.98 Å². The summed E-state index contributed by atoms with van der Waals surface area (Å²) in [6.07, 6.45) is 6.82. The smallest absolute Gasteiger partial charge is 0.161 e. The Morgan fingerprint density at radius 3 is 2.52 bits per heavy atom. The summed E-state index contributed by atoms with van der Waals surface area (Å²) in [6.45, 7) is 6.09. The fourth-order valence-electron chi connectivity index (χ4n) is 3.99. The van der Waals surface area contributed by atoms with Crippen molar-refractivity contribution in [3.63, 3.8) is 0 Å². The van der Waals surface area contributed by atoms with Crippen LogP contribution in [0, 0.1) is 6.92 Å². The third kappa shape index (κ3) is 6.49. The maximum Gasteiger partial charge on any atom is 0.161 e. The van der Waals surface area contributed by atoms with Gasteiger partial charge in [-0.05, 0) is 49.6 Å². The van der Waals surface area contributed by atoms with Crippen LogP contribution in [0.15, 0.2) is 61.2 Å². The first kappa shape index (κ1) is 23.1. The van der Waals surface area contributed by atoms with E-state index in [2.05, 4.69) is 16.0 Å². The van der Waals surface area contributed by atoms with Gasteiger partial charge in [-0.3, -0.25) is 4.90 Å². The summed E-state index contributed by atoms with van der Waals surface area (Å²) in [5.74, 6) is 2.27. The minimum atomic E-state index is -0.786. The molecule has 1 fully saturated rings. The van der Waals surface area contributed by atoms with Gasteiger partial charge in [0.25, 0.3) is 0 Å². The molecule has 3 aromatic rings. The summed E-state index contributed by atoms with van der Waals surface area (Å²) >= 11 is 0. The van der Waals surface area contributed by atoms with Gasteiger partial charge in [-0.15, -0.1) is 0 Å². The zero-order valence-corrected chi connectivity index (χ0v) is 19.4.